The SMILES string of the molecule is Cc1cc2c(cn1)N(c1c(C)cc(C(C)(C)C)cc1C)c1nncnc1O2. The minimum Gasteiger partial charge on any atom is -0.433 e. The lowest BCUT2D eigenvalue weighted by atomic mass is 9.84. The summed E-state index contributed by atoms with van der Waals surface area (Å²) in [6, 6.07) is 6.40. The largest absolute Gasteiger partial charge is 0.433 e. The molecule has 27 heavy (non-hydrogen) atoms. The highest BCUT2D eigenvalue weighted by Crippen LogP contribution is 2.49. The number of benzene rings is 1. The first-order chi connectivity index (χ1) is 12.8. The molecule has 3 aromatic rings. The predicted molar refractivity (Wildman–Crippen MR) is 105 cm³/mol. The first-order valence-corrected chi connectivity index (χ1v) is 9.00. The van der Waals surface area contributed by atoms with E-state index in [0.717, 1.165) is 28.2 Å². The van der Waals surface area contributed by atoms with Crippen LogP contribution in [0.2, 0.25) is 0 Å². The van der Waals surface area contributed by atoms with Crippen molar-refractivity contribution in [1.82, 2.24) is 20.2 Å². The normalized spacial score (nSPS) is 13.0. The van der Waals surface area contributed by atoms with Gasteiger partial charge in [0, 0.05) is 11.8 Å². The van der Waals surface area contributed by atoms with E-state index in [1.807, 2.05) is 19.2 Å². The summed E-state index contributed by atoms with van der Waals surface area (Å²) in [5.74, 6) is 1.74. The third kappa shape index (κ3) is 2.91. The molecule has 0 N–H and O–H groups in total. The highest BCUT2D eigenvalue weighted by molar-refractivity contribution is 5.85. The second-order valence-corrected chi connectivity index (χ2v) is 8.03. The van der Waals surface area contributed by atoms with E-state index in [1.54, 1.807) is 0 Å². The zero-order valence-electron chi connectivity index (χ0n) is 16.5. The lowest BCUT2D eigenvalue weighted by molar-refractivity contribution is 0.449. The molecule has 0 unspecified atom stereocenters. The van der Waals surface area contributed by atoms with Crippen molar-refractivity contribution in [2.24, 2.45) is 0 Å². The van der Waals surface area contributed by atoms with Crippen LogP contribution in [0.4, 0.5) is 17.2 Å². The summed E-state index contributed by atoms with van der Waals surface area (Å²) in [7, 11) is 0. The van der Waals surface area contributed by atoms with Gasteiger partial charge in [-0.3, -0.25) is 9.88 Å². The second kappa shape index (κ2) is 6.01. The lowest BCUT2D eigenvalue weighted by Gasteiger charge is -2.33. The van der Waals surface area contributed by atoms with Crippen LogP contribution < -0.4 is 9.64 Å². The Morgan fingerprint density at radius 3 is 2.33 bits per heavy atom. The van der Waals surface area contributed by atoms with Gasteiger partial charge in [-0.15, -0.1) is 10.2 Å². The maximum Gasteiger partial charge on any atom is 0.267 e. The monoisotopic (exact) mass is 361 g/mol. The van der Waals surface area contributed by atoms with Crippen molar-refractivity contribution in [3.63, 3.8) is 0 Å². The molecule has 138 valence electrons. The first kappa shape index (κ1) is 17.4. The van der Waals surface area contributed by atoms with E-state index in [2.05, 4.69) is 71.8 Å². The number of hydrogen-bond donors (Lipinski definition) is 0. The van der Waals surface area contributed by atoms with Gasteiger partial charge in [0.2, 0.25) is 5.82 Å². The molecule has 0 bridgehead atoms. The van der Waals surface area contributed by atoms with Crippen molar-refractivity contribution in [3.8, 4) is 11.6 Å². The average molecular weight is 361 g/mol. The van der Waals surface area contributed by atoms with E-state index < -0.39 is 0 Å². The highest BCUT2D eigenvalue weighted by Gasteiger charge is 2.31. The molecule has 0 saturated carbocycles. The van der Waals surface area contributed by atoms with Crippen LogP contribution in [0.5, 0.6) is 11.6 Å². The van der Waals surface area contributed by atoms with E-state index in [9.17, 15) is 0 Å². The fourth-order valence-corrected chi connectivity index (χ4v) is 3.44. The van der Waals surface area contributed by atoms with Gasteiger partial charge >= 0.3 is 0 Å². The summed E-state index contributed by atoms with van der Waals surface area (Å²) in [4.78, 5) is 10.8. The van der Waals surface area contributed by atoms with E-state index in [4.69, 9.17) is 4.74 Å². The van der Waals surface area contributed by atoms with Gasteiger partial charge in [-0.1, -0.05) is 32.9 Å². The number of hydrogen-bond acceptors (Lipinski definition) is 6. The maximum absolute atomic E-state index is 5.97. The highest BCUT2D eigenvalue weighted by atomic mass is 16.5. The number of fused-ring (bicyclic) bond motifs is 2. The molecule has 1 aliphatic rings. The van der Waals surface area contributed by atoms with Crippen molar-refractivity contribution in [3.05, 3.63) is 53.1 Å². The Bertz CT molecular complexity index is 1020. The second-order valence-electron chi connectivity index (χ2n) is 8.03. The zero-order chi connectivity index (χ0) is 19.3. The van der Waals surface area contributed by atoms with Crippen LogP contribution in [-0.2, 0) is 5.41 Å². The van der Waals surface area contributed by atoms with Crippen LogP contribution >= 0.6 is 0 Å². The molecule has 0 atom stereocenters. The molecular formula is C21H23N5O. The van der Waals surface area contributed by atoms with Gasteiger partial charge in [0.05, 0.1) is 11.9 Å². The third-order valence-corrected chi connectivity index (χ3v) is 4.79. The van der Waals surface area contributed by atoms with Gasteiger partial charge in [0.1, 0.15) is 12.0 Å². The van der Waals surface area contributed by atoms with Gasteiger partial charge in [0.25, 0.3) is 5.88 Å². The summed E-state index contributed by atoms with van der Waals surface area (Å²) in [5.41, 5.74) is 6.47. The molecule has 3 heterocycles. The maximum atomic E-state index is 5.97. The Balaban J connectivity index is 1.97. The molecule has 6 heteroatoms. The molecule has 0 aliphatic carbocycles. The van der Waals surface area contributed by atoms with Crippen molar-refractivity contribution in [2.45, 2.75) is 47.0 Å². The fourth-order valence-electron chi connectivity index (χ4n) is 3.44. The molecule has 2 aromatic heterocycles. The van der Waals surface area contributed by atoms with E-state index in [0.29, 0.717) is 17.4 Å². The van der Waals surface area contributed by atoms with Crippen LogP contribution in [0.25, 0.3) is 0 Å². The minimum absolute atomic E-state index is 0.0783. The summed E-state index contributed by atoms with van der Waals surface area (Å²) in [6.07, 6.45) is 3.22. The fraction of sp³-hybridized carbons (Fsp3) is 0.333. The van der Waals surface area contributed by atoms with Crippen LogP contribution in [0, 0.1) is 20.8 Å². The Morgan fingerprint density at radius 2 is 1.67 bits per heavy atom. The summed E-state index contributed by atoms with van der Waals surface area (Å²) in [6.45, 7) is 12.9. The molecule has 0 spiro atoms. The Morgan fingerprint density at radius 1 is 0.963 bits per heavy atom. The number of aryl methyl sites for hydroxylation is 3. The Labute approximate surface area is 159 Å². The van der Waals surface area contributed by atoms with Gasteiger partial charge in [-0.05, 0) is 42.9 Å². The average Bonchev–Trinajstić information content (AvgIpc) is 2.59. The van der Waals surface area contributed by atoms with Crippen LogP contribution in [0.3, 0.4) is 0 Å². The van der Waals surface area contributed by atoms with Crippen LogP contribution in [-0.4, -0.2) is 20.2 Å². The quantitative estimate of drug-likeness (QED) is 0.472. The molecule has 0 amide bonds. The standard InChI is InChI=1S/C21H23N5O/c1-12-7-15(21(4,5)6)8-13(2)18(12)26-16-10-22-14(3)9-17(16)27-20-19(26)25-24-11-23-20/h7-11H,1-6H3. The Kier molecular flexibility index (Phi) is 3.87. The molecule has 0 fully saturated rings. The number of anilines is 3. The number of aromatic nitrogens is 4. The molecule has 4 rings (SSSR count). The summed E-state index contributed by atoms with van der Waals surface area (Å²) in [5, 5.41) is 8.29. The van der Waals surface area contributed by atoms with E-state index >= 15 is 0 Å². The molecule has 1 aliphatic heterocycles. The number of rotatable bonds is 1. The van der Waals surface area contributed by atoms with Gasteiger partial charge in [0.15, 0.2) is 5.75 Å². The van der Waals surface area contributed by atoms with Gasteiger partial charge in [-0.25, -0.2) is 0 Å². The smallest absolute Gasteiger partial charge is 0.267 e. The topological polar surface area (TPSA) is 64.0 Å². The van der Waals surface area contributed by atoms with Crippen molar-refractivity contribution in [1.29, 1.82) is 0 Å². The van der Waals surface area contributed by atoms with Crippen LogP contribution in [0.1, 0.15) is 43.2 Å². The predicted octanol–water partition coefficient (Wildman–Crippen LogP) is 5.06. The third-order valence-electron chi connectivity index (χ3n) is 4.79. The van der Waals surface area contributed by atoms with Crippen molar-refractivity contribution >= 4 is 17.2 Å². The summed E-state index contributed by atoms with van der Waals surface area (Å²) >= 11 is 0. The zero-order valence-corrected chi connectivity index (χ0v) is 16.5. The summed E-state index contributed by atoms with van der Waals surface area (Å²) < 4.78 is 5.97. The van der Waals surface area contributed by atoms with Crippen molar-refractivity contribution in [2.75, 3.05) is 4.90 Å². The van der Waals surface area contributed by atoms with E-state index in [-0.39, 0.29) is 5.41 Å². The molecular weight excluding hydrogens is 338 g/mol. The van der Waals surface area contributed by atoms with Crippen LogP contribution in [0.15, 0.2) is 30.7 Å². The van der Waals surface area contributed by atoms with E-state index in [1.165, 1.54) is 11.9 Å². The molecule has 0 radical (unpaired) electrons. The number of pyridine rings is 1. The molecule has 1 aromatic carbocycles. The number of ether oxygens (including phenoxy) is 1. The van der Waals surface area contributed by atoms with Gasteiger partial charge < -0.3 is 4.74 Å². The lowest BCUT2D eigenvalue weighted by Crippen LogP contribution is -2.21. The Hall–Kier alpha value is -3.02. The molecule has 0 saturated heterocycles. The van der Waals surface area contributed by atoms with Crippen molar-refractivity contribution < 1.29 is 4.74 Å². The molecule has 6 nitrogen and oxygen atoms in total. The minimum atomic E-state index is 0.0783. The number of nitrogens with zero attached hydrogens (tertiary/aromatic N) is 5. The first-order valence-electron chi connectivity index (χ1n) is 9.00. The van der Waals surface area contributed by atoms with Gasteiger partial charge in [-0.2, -0.15) is 4.98 Å².